The normalized spacial score (nSPS) is 11.1. The number of aryl methyl sites for hydroxylation is 1. The summed E-state index contributed by atoms with van der Waals surface area (Å²) in [6.45, 7) is 2.65. The van der Waals surface area contributed by atoms with Gasteiger partial charge in [0.2, 0.25) is 0 Å². The SMILES string of the molecule is CCn1cc(C(=O)Cn2cnc3cc(C(=O)OC)ccc3c2=O)c2ccccc21. The van der Waals surface area contributed by atoms with Gasteiger partial charge in [0.15, 0.2) is 5.78 Å². The Morgan fingerprint density at radius 2 is 1.86 bits per heavy atom. The van der Waals surface area contributed by atoms with Crippen LogP contribution in [0.1, 0.15) is 27.6 Å². The number of carbonyl (C=O) groups is 2. The largest absolute Gasteiger partial charge is 0.465 e. The second-order valence-corrected chi connectivity index (χ2v) is 6.67. The highest BCUT2D eigenvalue weighted by atomic mass is 16.5. The van der Waals surface area contributed by atoms with Crippen molar-refractivity contribution < 1.29 is 14.3 Å². The first-order chi connectivity index (χ1) is 14.0. The lowest BCUT2D eigenvalue weighted by Gasteiger charge is -2.07. The minimum atomic E-state index is -0.500. The molecule has 0 amide bonds. The number of benzene rings is 2. The van der Waals surface area contributed by atoms with Crippen LogP contribution in [0.2, 0.25) is 0 Å². The number of esters is 1. The summed E-state index contributed by atoms with van der Waals surface area (Å²) < 4.78 is 7.99. The van der Waals surface area contributed by atoms with E-state index in [2.05, 4.69) is 4.98 Å². The maximum atomic E-state index is 13.0. The van der Waals surface area contributed by atoms with Gasteiger partial charge in [0.05, 0.1) is 36.4 Å². The van der Waals surface area contributed by atoms with Crippen molar-refractivity contribution in [2.24, 2.45) is 0 Å². The minimum absolute atomic E-state index is 0.113. The molecule has 0 radical (unpaired) electrons. The molecule has 0 aliphatic rings. The number of carbonyl (C=O) groups excluding carboxylic acids is 2. The van der Waals surface area contributed by atoms with Gasteiger partial charge in [-0.05, 0) is 31.2 Å². The molecule has 0 unspecified atom stereocenters. The van der Waals surface area contributed by atoms with Crippen LogP contribution in [-0.4, -0.2) is 33.0 Å². The number of rotatable bonds is 5. The van der Waals surface area contributed by atoms with Gasteiger partial charge in [-0.25, -0.2) is 9.78 Å². The van der Waals surface area contributed by atoms with Crippen LogP contribution in [0.4, 0.5) is 0 Å². The second kappa shape index (κ2) is 7.35. The Hall–Kier alpha value is -3.74. The zero-order valence-electron chi connectivity index (χ0n) is 16.1. The molecule has 0 saturated heterocycles. The van der Waals surface area contributed by atoms with Gasteiger partial charge in [-0.3, -0.25) is 14.2 Å². The van der Waals surface area contributed by atoms with Crippen molar-refractivity contribution in [2.45, 2.75) is 20.0 Å². The van der Waals surface area contributed by atoms with Crippen LogP contribution in [-0.2, 0) is 17.8 Å². The fourth-order valence-electron chi connectivity index (χ4n) is 3.49. The van der Waals surface area contributed by atoms with Crippen molar-refractivity contribution in [1.82, 2.24) is 14.1 Å². The number of nitrogens with zero attached hydrogens (tertiary/aromatic N) is 3. The van der Waals surface area contributed by atoms with Gasteiger partial charge in [0, 0.05) is 29.2 Å². The van der Waals surface area contributed by atoms with Crippen molar-refractivity contribution in [3.8, 4) is 0 Å². The average Bonchev–Trinajstić information content (AvgIpc) is 3.14. The summed E-state index contributed by atoms with van der Waals surface area (Å²) in [4.78, 5) is 41.7. The Morgan fingerprint density at radius 3 is 2.62 bits per heavy atom. The van der Waals surface area contributed by atoms with Crippen molar-refractivity contribution in [1.29, 1.82) is 0 Å². The summed E-state index contributed by atoms with van der Waals surface area (Å²) in [5, 5.41) is 1.20. The molecule has 2 heterocycles. The molecule has 0 saturated carbocycles. The Labute approximate surface area is 166 Å². The fraction of sp³-hybridized carbons (Fsp3) is 0.182. The number of para-hydroxylation sites is 1. The molecule has 2 aromatic heterocycles. The number of ether oxygens (including phenoxy) is 1. The van der Waals surface area contributed by atoms with Gasteiger partial charge >= 0.3 is 5.97 Å². The van der Waals surface area contributed by atoms with E-state index in [1.807, 2.05) is 42.0 Å². The van der Waals surface area contributed by atoms with Gasteiger partial charge < -0.3 is 9.30 Å². The number of Topliss-reactive ketones (excluding diaryl/α,β-unsaturated/α-hetero) is 1. The molecular formula is C22H19N3O4. The summed E-state index contributed by atoms with van der Waals surface area (Å²) in [6.07, 6.45) is 3.16. The zero-order valence-corrected chi connectivity index (χ0v) is 16.1. The van der Waals surface area contributed by atoms with E-state index in [4.69, 9.17) is 4.74 Å². The van der Waals surface area contributed by atoms with Crippen LogP contribution in [0.15, 0.2) is 59.8 Å². The second-order valence-electron chi connectivity index (χ2n) is 6.67. The molecule has 146 valence electrons. The first-order valence-electron chi connectivity index (χ1n) is 9.22. The molecule has 2 aromatic carbocycles. The molecular weight excluding hydrogens is 370 g/mol. The number of fused-ring (bicyclic) bond motifs is 2. The number of aromatic nitrogens is 3. The zero-order chi connectivity index (χ0) is 20.5. The molecule has 29 heavy (non-hydrogen) atoms. The minimum Gasteiger partial charge on any atom is -0.465 e. The Balaban J connectivity index is 1.71. The Kier molecular flexibility index (Phi) is 4.72. The van der Waals surface area contributed by atoms with Crippen LogP contribution in [0.25, 0.3) is 21.8 Å². The van der Waals surface area contributed by atoms with Crippen molar-refractivity contribution >= 4 is 33.6 Å². The van der Waals surface area contributed by atoms with E-state index in [0.717, 1.165) is 17.4 Å². The predicted octanol–water partition coefficient (Wildman–Crippen LogP) is 3.04. The van der Waals surface area contributed by atoms with Crippen LogP contribution in [0, 0.1) is 0 Å². The topological polar surface area (TPSA) is 83.2 Å². The maximum absolute atomic E-state index is 13.0. The van der Waals surface area contributed by atoms with Gasteiger partial charge in [0.1, 0.15) is 0 Å². The van der Waals surface area contributed by atoms with E-state index in [9.17, 15) is 14.4 Å². The number of ketones is 1. The van der Waals surface area contributed by atoms with E-state index >= 15 is 0 Å². The lowest BCUT2D eigenvalue weighted by Crippen LogP contribution is -2.24. The third kappa shape index (κ3) is 3.20. The van der Waals surface area contributed by atoms with E-state index in [1.165, 1.54) is 36.2 Å². The van der Waals surface area contributed by atoms with Gasteiger partial charge in [0.25, 0.3) is 5.56 Å². The molecule has 0 atom stereocenters. The monoisotopic (exact) mass is 389 g/mol. The molecule has 0 aliphatic heterocycles. The van der Waals surface area contributed by atoms with Crippen LogP contribution in [0.3, 0.4) is 0 Å². The average molecular weight is 389 g/mol. The number of methoxy groups -OCH3 is 1. The first kappa shape index (κ1) is 18.6. The maximum Gasteiger partial charge on any atom is 0.337 e. The molecule has 0 spiro atoms. The smallest absolute Gasteiger partial charge is 0.337 e. The van der Waals surface area contributed by atoms with E-state index in [1.54, 1.807) is 0 Å². The summed E-state index contributed by atoms with van der Waals surface area (Å²) in [5.41, 5.74) is 1.92. The quantitative estimate of drug-likeness (QED) is 0.387. The molecule has 4 aromatic rings. The summed E-state index contributed by atoms with van der Waals surface area (Å²) in [7, 11) is 1.29. The standard InChI is InChI=1S/C22H19N3O4/c1-3-24-11-17(15-6-4-5-7-19(15)24)20(26)12-25-13-23-18-10-14(22(28)29-2)8-9-16(18)21(25)27/h4-11,13H,3,12H2,1-2H3. The Bertz CT molecular complexity index is 1320. The van der Waals surface area contributed by atoms with E-state index in [0.29, 0.717) is 22.0 Å². The summed E-state index contributed by atoms with van der Waals surface area (Å²) in [5.74, 6) is -0.664. The molecule has 7 heteroatoms. The number of hydrogen-bond acceptors (Lipinski definition) is 5. The summed E-state index contributed by atoms with van der Waals surface area (Å²) in [6, 6.07) is 12.2. The molecule has 4 rings (SSSR count). The van der Waals surface area contributed by atoms with Crippen molar-refractivity contribution in [3.63, 3.8) is 0 Å². The summed E-state index contributed by atoms with van der Waals surface area (Å²) >= 11 is 0. The first-order valence-corrected chi connectivity index (χ1v) is 9.22. The Morgan fingerprint density at radius 1 is 1.07 bits per heavy atom. The highest BCUT2D eigenvalue weighted by molar-refractivity contribution is 6.08. The highest BCUT2D eigenvalue weighted by Crippen LogP contribution is 2.22. The molecule has 7 nitrogen and oxygen atoms in total. The lowest BCUT2D eigenvalue weighted by molar-refractivity contribution is 0.0600. The third-order valence-corrected chi connectivity index (χ3v) is 4.99. The molecule has 0 N–H and O–H groups in total. The van der Waals surface area contributed by atoms with Crippen LogP contribution >= 0.6 is 0 Å². The number of hydrogen-bond donors (Lipinski definition) is 0. The van der Waals surface area contributed by atoms with Crippen molar-refractivity contribution in [3.05, 3.63) is 76.5 Å². The molecule has 0 fully saturated rings. The van der Waals surface area contributed by atoms with Gasteiger partial charge in [-0.15, -0.1) is 0 Å². The third-order valence-electron chi connectivity index (χ3n) is 4.99. The van der Waals surface area contributed by atoms with E-state index in [-0.39, 0.29) is 17.9 Å². The predicted molar refractivity (Wildman–Crippen MR) is 109 cm³/mol. The van der Waals surface area contributed by atoms with E-state index < -0.39 is 5.97 Å². The fourth-order valence-corrected chi connectivity index (χ4v) is 3.49. The lowest BCUT2D eigenvalue weighted by atomic mass is 10.1. The molecule has 0 aliphatic carbocycles. The highest BCUT2D eigenvalue weighted by Gasteiger charge is 2.16. The van der Waals surface area contributed by atoms with Gasteiger partial charge in [-0.2, -0.15) is 0 Å². The van der Waals surface area contributed by atoms with Crippen LogP contribution in [0.5, 0.6) is 0 Å². The molecule has 0 bridgehead atoms. The van der Waals surface area contributed by atoms with Gasteiger partial charge in [-0.1, -0.05) is 18.2 Å². The van der Waals surface area contributed by atoms with Crippen molar-refractivity contribution in [2.75, 3.05) is 7.11 Å². The van der Waals surface area contributed by atoms with Crippen LogP contribution < -0.4 is 5.56 Å².